The SMILES string of the molecule is CCCSc1nc2c(c(=O)[nH]1)[C@H](C(=O)Nc1ccc(F)cc1F)CC(=O)N2. The normalized spacial score (nSPS) is 15.8. The summed E-state index contributed by atoms with van der Waals surface area (Å²) in [5, 5.41) is 5.14. The first-order chi connectivity index (χ1) is 12.9. The van der Waals surface area contributed by atoms with E-state index in [2.05, 4.69) is 20.6 Å². The molecular formula is C17H16F2N4O3S. The summed E-state index contributed by atoms with van der Waals surface area (Å²) in [6.45, 7) is 1.97. The van der Waals surface area contributed by atoms with Gasteiger partial charge in [0.2, 0.25) is 11.8 Å². The van der Waals surface area contributed by atoms with Gasteiger partial charge in [0.05, 0.1) is 17.2 Å². The standard InChI is InChI=1S/C17H16F2N4O3S/c1-2-5-27-17-22-14-13(16(26)23-17)9(7-12(24)21-14)15(25)20-11-4-3-8(18)6-10(11)19/h3-4,6,9H,2,5,7H2,1H3,(H,20,25)(H2,21,22,23,24,26)/t9-/m1/s1. The second kappa shape index (κ2) is 7.87. The molecule has 10 heteroatoms. The lowest BCUT2D eigenvalue weighted by atomic mass is 9.92. The summed E-state index contributed by atoms with van der Waals surface area (Å²) < 4.78 is 26.8. The van der Waals surface area contributed by atoms with Crippen LogP contribution in [-0.2, 0) is 9.59 Å². The Morgan fingerprint density at radius 1 is 1.37 bits per heavy atom. The maximum atomic E-state index is 13.8. The summed E-state index contributed by atoms with van der Waals surface area (Å²) in [4.78, 5) is 43.8. The Hall–Kier alpha value is -2.75. The summed E-state index contributed by atoms with van der Waals surface area (Å²) in [6, 6.07) is 2.69. The molecule has 0 saturated carbocycles. The Balaban J connectivity index is 1.92. The van der Waals surface area contributed by atoms with Crippen molar-refractivity contribution in [2.75, 3.05) is 16.4 Å². The number of nitrogens with one attached hydrogen (secondary N) is 3. The Bertz CT molecular complexity index is 964. The lowest BCUT2D eigenvalue weighted by molar-refractivity contribution is -0.123. The summed E-state index contributed by atoms with van der Waals surface area (Å²) >= 11 is 1.32. The van der Waals surface area contributed by atoms with E-state index in [0.29, 0.717) is 11.2 Å². The highest BCUT2D eigenvalue weighted by Gasteiger charge is 2.35. The Morgan fingerprint density at radius 3 is 2.85 bits per heavy atom. The fraction of sp³-hybridized carbons (Fsp3) is 0.294. The van der Waals surface area contributed by atoms with Crippen molar-refractivity contribution in [2.24, 2.45) is 0 Å². The number of aromatic nitrogens is 2. The van der Waals surface area contributed by atoms with Gasteiger partial charge in [-0.1, -0.05) is 18.7 Å². The molecule has 27 heavy (non-hydrogen) atoms. The van der Waals surface area contributed by atoms with Crippen LogP contribution in [0.5, 0.6) is 0 Å². The molecule has 1 aliphatic rings. The molecular weight excluding hydrogens is 378 g/mol. The number of amides is 2. The number of nitrogens with zero attached hydrogens (tertiary/aromatic N) is 1. The molecule has 0 spiro atoms. The Kier molecular flexibility index (Phi) is 5.54. The average molecular weight is 394 g/mol. The lowest BCUT2D eigenvalue weighted by Gasteiger charge is -2.23. The predicted octanol–water partition coefficient (Wildman–Crippen LogP) is 2.61. The van der Waals surface area contributed by atoms with Gasteiger partial charge in [0.15, 0.2) is 5.16 Å². The fourth-order valence-electron chi connectivity index (χ4n) is 2.65. The van der Waals surface area contributed by atoms with Crippen LogP contribution in [0.2, 0.25) is 0 Å². The van der Waals surface area contributed by atoms with E-state index in [-0.39, 0.29) is 23.5 Å². The first-order valence-electron chi connectivity index (χ1n) is 8.21. The average Bonchev–Trinajstić information content (AvgIpc) is 2.61. The van der Waals surface area contributed by atoms with Gasteiger partial charge in [0.25, 0.3) is 5.56 Å². The number of carbonyl (C=O) groups is 2. The Morgan fingerprint density at radius 2 is 2.15 bits per heavy atom. The molecule has 0 fully saturated rings. The first-order valence-corrected chi connectivity index (χ1v) is 9.20. The van der Waals surface area contributed by atoms with E-state index in [4.69, 9.17) is 0 Å². The van der Waals surface area contributed by atoms with Crippen molar-refractivity contribution in [1.29, 1.82) is 0 Å². The Labute approximate surface area is 157 Å². The molecule has 7 nitrogen and oxygen atoms in total. The lowest BCUT2D eigenvalue weighted by Crippen LogP contribution is -2.36. The minimum Gasteiger partial charge on any atom is -0.323 e. The molecule has 1 aromatic carbocycles. The number of hydrogen-bond acceptors (Lipinski definition) is 5. The predicted molar refractivity (Wildman–Crippen MR) is 96.8 cm³/mol. The molecule has 0 bridgehead atoms. The maximum absolute atomic E-state index is 13.8. The number of hydrogen-bond donors (Lipinski definition) is 3. The van der Waals surface area contributed by atoms with Gasteiger partial charge in [-0.25, -0.2) is 13.8 Å². The molecule has 2 heterocycles. The van der Waals surface area contributed by atoms with Crippen LogP contribution >= 0.6 is 11.8 Å². The highest BCUT2D eigenvalue weighted by atomic mass is 32.2. The van der Waals surface area contributed by atoms with Crippen molar-refractivity contribution in [2.45, 2.75) is 30.8 Å². The van der Waals surface area contributed by atoms with Crippen molar-refractivity contribution < 1.29 is 18.4 Å². The molecule has 3 N–H and O–H groups in total. The number of halogens is 2. The summed E-state index contributed by atoms with van der Waals surface area (Å²) in [6.07, 6.45) is 0.583. The quantitative estimate of drug-likeness (QED) is 0.534. The van der Waals surface area contributed by atoms with E-state index >= 15 is 0 Å². The number of thioether (sulfide) groups is 1. The highest BCUT2D eigenvalue weighted by molar-refractivity contribution is 7.99. The zero-order valence-corrected chi connectivity index (χ0v) is 15.1. The number of H-pyrrole nitrogens is 1. The van der Waals surface area contributed by atoms with E-state index < -0.39 is 34.9 Å². The zero-order valence-electron chi connectivity index (χ0n) is 14.3. The van der Waals surface area contributed by atoms with Crippen molar-refractivity contribution in [3.05, 3.63) is 45.8 Å². The minimum atomic E-state index is -1.14. The van der Waals surface area contributed by atoms with Gasteiger partial charge >= 0.3 is 0 Å². The van der Waals surface area contributed by atoms with E-state index in [1.54, 1.807) is 0 Å². The largest absolute Gasteiger partial charge is 0.323 e. The van der Waals surface area contributed by atoms with E-state index in [1.165, 1.54) is 11.8 Å². The first kappa shape index (κ1) is 19.0. The topological polar surface area (TPSA) is 104 Å². The molecule has 0 unspecified atom stereocenters. The number of anilines is 2. The second-order valence-electron chi connectivity index (χ2n) is 5.90. The van der Waals surface area contributed by atoms with E-state index in [1.807, 2.05) is 6.92 Å². The van der Waals surface area contributed by atoms with Gasteiger partial charge < -0.3 is 15.6 Å². The molecule has 1 aliphatic heterocycles. The van der Waals surface area contributed by atoms with Crippen LogP contribution in [0.4, 0.5) is 20.3 Å². The van der Waals surface area contributed by atoms with Crippen molar-refractivity contribution >= 4 is 35.1 Å². The number of fused-ring (bicyclic) bond motifs is 1. The van der Waals surface area contributed by atoms with E-state index in [0.717, 1.165) is 24.3 Å². The molecule has 0 aliphatic carbocycles. The van der Waals surface area contributed by atoms with E-state index in [9.17, 15) is 23.2 Å². The fourth-order valence-corrected chi connectivity index (χ4v) is 3.37. The molecule has 1 atom stereocenters. The van der Waals surface area contributed by atoms with Crippen LogP contribution in [-0.4, -0.2) is 27.5 Å². The van der Waals surface area contributed by atoms with Gasteiger partial charge in [-0.05, 0) is 18.6 Å². The molecule has 3 rings (SSSR count). The molecule has 0 saturated heterocycles. The number of aromatic amines is 1. The van der Waals surface area contributed by atoms with Crippen LogP contribution < -0.4 is 16.2 Å². The number of rotatable bonds is 5. The zero-order chi connectivity index (χ0) is 19.6. The third-order valence-corrected chi connectivity index (χ3v) is 4.96. The van der Waals surface area contributed by atoms with Crippen LogP contribution in [0.15, 0.2) is 28.2 Å². The van der Waals surface area contributed by atoms with Crippen LogP contribution in [0, 0.1) is 11.6 Å². The van der Waals surface area contributed by atoms with Gasteiger partial charge in [0, 0.05) is 18.2 Å². The smallest absolute Gasteiger partial charge is 0.257 e. The summed E-state index contributed by atoms with van der Waals surface area (Å²) in [5.74, 6) is -3.37. The monoisotopic (exact) mass is 394 g/mol. The molecule has 2 amide bonds. The van der Waals surface area contributed by atoms with Gasteiger partial charge in [-0.3, -0.25) is 14.4 Å². The minimum absolute atomic E-state index is 0.00969. The van der Waals surface area contributed by atoms with Crippen LogP contribution in [0.1, 0.15) is 31.2 Å². The molecule has 1 aromatic heterocycles. The summed E-state index contributed by atoms with van der Waals surface area (Å²) in [7, 11) is 0. The van der Waals surface area contributed by atoms with Crippen molar-refractivity contribution in [3.8, 4) is 0 Å². The van der Waals surface area contributed by atoms with Crippen LogP contribution in [0.3, 0.4) is 0 Å². The maximum Gasteiger partial charge on any atom is 0.257 e. The van der Waals surface area contributed by atoms with Gasteiger partial charge in [0.1, 0.15) is 17.5 Å². The van der Waals surface area contributed by atoms with Gasteiger partial charge in [-0.2, -0.15) is 0 Å². The van der Waals surface area contributed by atoms with Crippen molar-refractivity contribution in [1.82, 2.24) is 9.97 Å². The number of carbonyl (C=O) groups excluding carboxylic acids is 2. The van der Waals surface area contributed by atoms with Crippen molar-refractivity contribution in [3.63, 3.8) is 0 Å². The number of benzene rings is 1. The third-order valence-electron chi connectivity index (χ3n) is 3.88. The summed E-state index contributed by atoms with van der Waals surface area (Å²) in [5.41, 5.74) is -0.776. The molecule has 0 radical (unpaired) electrons. The molecule has 2 aromatic rings. The highest BCUT2D eigenvalue weighted by Crippen LogP contribution is 2.30. The van der Waals surface area contributed by atoms with Crippen LogP contribution in [0.25, 0.3) is 0 Å². The second-order valence-corrected chi connectivity index (χ2v) is 6.98. The third kappa shape index (κ3) is 4.16. The molecule has 142 valence electrons. The van der Waals surface area contributed by atoms with Gasteiger partial charge in [-0.15, -0.1) is 0 Å².